The number of carbonyl (C=O) groups is 2. The van der Waals surface area contributed by atoms with Gasteiger partial charge in [-0.05, 0) is 6.42 Å². The SMILES string of the molecule is CCCC(NC(C)=O)O[N+]1([O-])C(=O)N[NH+]([O-])c2ccccc21. The topological polar surface area (TPSA) is 118 Å². The average Bonchev–Trinajstić information content (AvgIpc) is 2.45. The fourth-order valence-corrected chi connectivity index (χ4v) is 2.19. The highest BCUT2D eigenvalue weighted by Gasteiger charge is 2.45. The molecule has 1 aliphatic rings. The zero-order valence-corrected chi connectivity index (χ0v) is 12.3. The molecule has 3 amide bonds. The standard InChI is InChI=1S/C13H18N4O5/c1-3-6-12(14-9(2)18)22-17(21)11-8-5-4-7-10(11)16(20)15-13(17)19/h4-5,7-8,12,16H,3,6H2,1-2H3,(H,14,18)(H,15,19). The first-order valence-corrected chi connectivity index (χ1v) is 6.89. The Bertz CT molecular complexity index is 581. The second-order valence-electron chi connectivity index (χ2n) is 4.91. The maximum atomic E-state index is 12.9. The first-order chi connectivity index (χ1) is 10.4. The summed E-state index contributed by atoms with van der Waals surface area (Å²) in [5.41, 5.74) is 1.93. The minimum Gasteiger partial charge on any atom is -0.602 e. The van der Waals surface area contributed by atoms with Crippen LogP contribution < -0.4 is 20.7 Å². The van der Waals surface area contributed by atoms with Crippen LogP contribution in [0.15, 0.2) is 24.3 Å². The van der Waals surface area contributed by atoms with Crippen molar-refractivity contribution in [3.63, 3.8) is 0 Å². The van der Waals surface area contributed by atoms with E-state index >= 15 is 0 Å². The third kappa shape index (κ3) is 3.08. The van der Waals surface area contributed by atoms with Gasteiger partial charge in [-0.25, -0.2) is 5.17 Å². The number of hydrogen-bond donors (Lipinski definition) is 3. The summed E-state index contributed by atoms with van der Waals surface area (Å²) in [6.07, 6.45) is 0.0465. The molecule has 3 unspecified atom stereocenters. The number of quaternary nitrogens is 2. The van der Waals surface area contributed by atoms with E-state index in [9.17, 15) is 20.0 Å². The number of fused-ring (bicyclic) bond motifs is 1. The van der Waals surface area contributed by atoms with Gasteiger partial charge in [0.25, 0.3) is 0 Å². The normalized spacial score (nSPS) is 25.1. The van der Waals surface area contributed by atoms with E-state index in [-0.39, 0.29) is 17.3 Å². The van der Waals surface area contributed by atoms with Crippen molar-refractivity contribution in [2.45, 2.75) is 32.9 Å². The molecule has 0 spiro atoms. The number of nitrogens with one attached hydrogen (secondary N) is 3. The maximum absolute atomic E-state index is 12.9. The van der Waals surface area contributed by atoms with Crippen LogP contribution in [0.25, 0.3) is 0 Å². The smallest absolute Gasteiger partial charge is 0.499 e. The number of hydroxylamine groups is 2. The molecular formula is C13H18N4O5. The monoisotopic (exact) mass is 310 g/mol. The van der Waals surface area contributed by atoms with Gasteiger partial charge >= 0.3 is 6.03 Å². The Hall–Kier alpha value is -2.04. The molecule has 0 aromatic heterocycles. The molecule has 120 valence electrons. The van der Waals surface area contributed by atoms with Gasteiger partial charge in [0.1, 0.15) is 0 Å². The van der Waals surface area contributed by atoms with Crippen LogP contribution in [-0.4, -0.2) is 18.2 Å². The largest absolute Gasteiger partial charge is 0.602 e. The van der Waals surface area contributed by atoms with Crippen LogP contribution >= 0.6 is 0 Å². The van der Waals surface area contributed by atoms with E-state index in [0.29, 0.717) is 12.8 Å². The summed E-state index contributed by atoms with van der Waals surface area (Å²) in [6, 6.07) is 4.76. The average molecular weight is 310 g/mol. The first-order valence-electron chi connectivity index (χ1n) is 6.89. The molecule has 0 fully saturated rings. The van der Waals surface area contributed by atoms with Crippen LogP contribution in [-0.2, 0) is 9.63 Å². The number of para-hydroxylation sites is 2. The van der Waals surface area contributed by atoms with E-state index in [4.69, 9.17) is 4.84 Å². The molecule has 3 N–H and O–H groups in total. The van der Waals surface area contributed by atoms with Gasteiger partial charge in [0.2, 0.25) is 17.3 Å². The molecule has 9 heteroatoms. The predicted molar refractivity (Wildman–Crippen MR) is 77.7 cm³/mol. The highest BCUT2D eigenvalue weighted by Crippen LogP contribution is 2.32. The minimum atomic E-state index is -1.80. The highest BCUT2D eigenvalue weighted by molar-refractivity contribution is 5.89. The highest BCUT2D eigenvalue weighted by atomic mass is 16.9. The summed E-state index contributed by atoms with van der Waals surface area (Å²) in [5.74, 6) is -0.383. The van der Waals surface area contributed by atoms with Crippen molar-refractivity contribution in [1.29, 1.82) is 0 Å². The lowest BCUT2D eigenvalue weighted by atomic mass is 10.2. The molecule has 1 aliphatic heterocycles. The Morgan fingerprint density at radius 1 is 1.50 bits per heavy atom. The van der Waals surface area contributed by atoms with Gasteiger partial charge in [0, 0.05) is 19.1 Å². The van der Waals surface area contributed by atoms with Crippen molar-refractivity contribution in [1.82, 2.24) is 15.6 Å². The molecule has 1 aromatic rings. The fraction of sp³-hybridized carbons (Fsp3) is 0.385. The number of carbonyl (C=O) groups excluding carboxylic acids is 2. The summed E-state index contributed by atoms with van der Waals surface area (Å²) < 4.78 is 0. The van der Waals surface area contributed by atoms with Crippen molar-refractivity contribution >= 4 is 23.3 Å². The molecule has 0 radical (unpaired) electrons. The molecule has 0 aliphatic carbocycles. The van der Waals surface area contributed by atoms with Gasteiger partial charge in [-0.3, -0.25) is 4.79 Å². The van der Waals surface area contributed by atoms with Crippen molar-refractivity contribution in [2.24, 2.45) is 0 Å². The number of nitrogens with zero attached hydrogens (tertiary/aromatic N) is 1. The summed E-state index contributed by atoms with van der Waals surface area (Å²) >= 11 is 0. The molecule has 0 saturated carbocycles. The number of amides is 3. The molecule has 22 heavy (non-hydrogen) atoms. The van der Waals surface area contributed by atoms with Gasteiger partial charge in [-0.15, -0.1) is 5.43 Å². The Morgan fingerprint density at radius 3 is 2.82 bits per heavy atom. The fourth-order valence-electron chi connectivity index (χ4n) is 2.19. The molecular weight excluding hydrogens is 292 g/mol. The van der Waals surface area contributed by atoms with Crippen LogP contribution in [0, 0.1) is 10.4 Å². The number of urea groups is 1. The van der Waals surface area contributed by atoms with Crippen molar-refractivity contribution in [3.8, 4) is 0 Å². The Kier molecular flexibility index (Phi) is 4.74. The first kappa shape index (κ1) is 16.3. The molecule has 2 rings (SSSR count). The summed E-state index contributed by atoms with van der Waals surface area (Å²) in [6.45, 7) is 3.13. The second kappa shape index (κ2) is 6.38. The molecule has 0 saturated heterocycles. The molecule has 1 heterocycles. The summed E-state index contributed by atoms with van der Waals surface area (Å²) in [5, 5.41) is 26.5. The Balaban J connectivity index is 2.36. The van der Waals surface area contributed by atoms with E-state index in [1.54, 1.807) is 6.07 Å². The Morgan fingerprint density at radius 2 is 2.18 bits per heavy atom. The second-order valence-corrected chi connectivity index (χ2v) is 4.91. The van der Waals surface area contributed by atoms with Gasteiger partial charge < -0.3 is 15.7 Å². The number of hydrogen-bond acceptors (Lipinski definition) is 5. The minimum absolute atomic E-state index is 0.0650. The van der Waals surface area contributed by atoms with Crippen LogP contribution in [0.1, 0.15) is 26.7 Å². The summed E-state index contributed by atoms with van der Waals surface area (Å²) in [7, 11) is 0. The van der Waals surface area contributed by atoms with Gasteiger partial charge in [0.05, 0.1) is 0 Å². The number of benzene rings is 1. The van der Waals surface area contributed by atoms with Gasteiger partial charge in [0.15, 0.2) is 6.23 Å². The van der Waals surface area contributed by atoms with Crippen LogP contribution in [0.4, 0.5) is 16.2 Å². The van der Waals surface area contributed by atoms with Crippen LogP contribution in [0.3, 0.4) is 0 Å². The maximum Gasteiger partial charge on any atom is 0.499 e. The van der Waals surface area contributed by atoms with Gasteiger partial charge in [-0.2, -0.15) is 9.63 Å². The lowest BCUT2D eigenvalue weighted by Gasteiger charge is -2.42. The lowest BCUT2D eigenvalue weighted by molar-refractivity contribution is -0.819. The molecule has 0 bridgehead atoms. The van der Waals surface area contributed by atoms with Gasteiger partial charge in [-0.1, -0.05) is 30.3 Å². The van der Waals surface area contributed by atoms with E-state index in [1.807, 2.05) is 12.3 Å². The number of rotatable bonds is 5. The molecule has 3 atom stereocenters. The lowest BCUT2D eigenvalue weighted by Crippen LogP contribution is -3.13. The van der Waals surface area contributed by atoms with E-state index < -0.39 is 22.2 Å². The van der Waals surface area contributed by atoms with E-state index in [2.05, 4.69) is 5.32 Å². The third-order valence-corrected chi connectivity index (χ3v) is 3.14. The third-order valence-electron chi connectivity index (χ3n) is 3.14. The zero-order valence-electron chi connectivity index (χ0n) is 12.3. The quantitative estimate of drug-likeness (QED) is 0.412. The van der Waals surface area contributed by atoms with E-state index in [1.165, 1.54) is 25.1 Å². The zero-order chi connectivity index (χ0) is 16.3. The Labute approximate surface area is 127 Å². The predicted octanol–water partition coefficient (Wildman–Crippen LogP) is 0.338. The van der Waals surface area contributed by atoms with Crippen molar-refractivity contribution < 1.29 is 19.6 Å². The van der Waals surface area contributed by atoms with E-state index in [0.717, 1.165) is 0 Å². The molecule has 9 nitrogen and oxygen atoms in total. The van der Waals surface area contributed by atoms with Crippen molar-refractivity contribution in [3.05, 3.63) is 34.7 Å². The van der Waals surface area contributed by atoms with Crippen LogP contribution in [0.2, 0.25) is 0 Å². The molecule has 1 aromatic carbocycles. The van der Waals surface area contributed by atoms with Crippen LogP contribution in [0.5, 0.6) is 0 Å². The van der Waals surface area contributed by atoms with Crippen molar-refractivity contribution in [2.75, 3.05) is 0 Å². The summed E-state index contributed by atoms with van der Waals surface area (Å²) in [4.78, 5) is 26.7.